The third kappa shape index (κ3) is 6.35. The number of nitrogens with one attached hydrogen (secondary N) is 1. The van der Waals surface area contributed by atoms with Crippen LogP contribution in [-0.2, 0) is 20.9 Å². The Bertz CT molecular complexity index is 462. The van der Waals surface area contributed by atoms with E-state index < -0.39 is 0 Å². The molecule has 1 aromatic rings. The first kappa shape index (κ1) is 17.1. The number of likely N-dealkylation sites (N-methyl/N-ethyl adjacent to an activating group) is 1. The van der Waals surface area contributed by atoms with E-state index >= 15 is 0 Å². The number of hydrogen-bond donors (Lipinski definition) is 1. The average Bonchev–Trinajstić information content (AvgIpc) is 2.49. The van der Waals surface area contributed by atoms with Gasteiger partial charge in [-0.25, -0.2) is 4.39 Å². The predicted octanol–water partition coefficient (Wildman–Crippen LogP) is 1.33. The minimum Gasteiger partial charge on any atom is -0.372 e. The number of halogens is 1. The molecule has 0 unspecified atom stereocenters. The van der Waals surface area contributed by atoms with Gasteiger partial charge >= 0.3 is 0 Å². The second-order valence-corrected chi connectivity index (χ2v) is 4.45. The van der Waals surface area contributed by atoms with Crippen LogP contribution in [-0.4, -0.2) is 43.0 Å². The van der Waals surface area contributed by atoms with Gasteiger partial charge in [0.15, 0.2) is 0 Å². The Balaban J connectivity index is 2.40. The number of ether oxygens (including phenoxy) is 1. The van der Waals surface area contributed by atoms with Gasteiger partial charge in [-0.3, -0.25) is 9.59 Å². The van der Waals surface area contributed by atoms with Gasteiger partial charge in [-0.2, -0.15) is 0 Å². The number of benzene rings is 1. The smallest absolute Gasteiger partial charge is 0.249 e. The van der Waals surface area contributed by atoms with E-state index in [1.165, 1.54) is 17.0 Å². The fourth-order valence-corrected chi connectivity index (χ4v) is 1.69. The van der Waals surface area contributed by atoms with Crippen LogP contribution >= 0.6 is 0 Å². The van der Waals surface area contributed by atoms with Crippen molar-refractivity contribution in [3.8, 4) is 0 Å². The second-order valence-electron chi connectivity index (χ2n) is 4.45. The van der Waals surface area contributed by atoms with E-state index in [-0.39, 0.29) is 30.8 Å². The van der Waals surface area contributed by atoms with E-state index in [1.54, 1.807) is 26.0 Å². The molecular weight excluding hydrogens is 275 g/mol. The number of rotatable bonds is 8. The topological polar surface area (TPSA) is 58.6 Å². The molecule has 0 atom stereocenters. The summed E-state index contributed by atoms with van der Waals surface area (Å²) in [5.74, 6) is -0.786. The van der Waals surface area contributed by atoms with Crippen LogP contribution in [0.4, 0.5) is 4.39 Å². The Hall–Kier alpha value is -1.95. The van der Waals surface area contributed by atoms with Crippen molar-refractivity contribution < 1.29 is 18.7 Å². The van der Waals surface area contributed by atoms with E-state index in [9.17, 15) is 14.0 Å². The lowest BCUT2D eigenvalue weighted by atomic mass is 10.2. The molecule has 0 fully saturated rings. The fraction of sp³-hybridized carbons (Fsp3) is 0.467. The summed E-state index contributed by atoms with van der Waals surface area (Å²) in [6.45, 7) is 4.78. The van der Waals surface area contributed by atoms with Crippen molar-refractivity contribution in [1.29, 1.82) is 0 Å². The summed E-state index contributed by atoms with van der Waals surface area (Å²) in [6.07, 6.45) is 0. The molecule has 0 radical (unpaired) electrons. The maximum atomic E-state index is 12.8. The highest BCUT2D eigenvalue weighted by Crippen LogP contribution is 2.02. The Morgan fingerprint density at radius 2 is 1.90 bits per heavy atom. The molecule has 5 nitrogen and oxygen atoms in total. The maximum Gasteiger partial charge on any atom is 0.249 e. The molecule has 0 aliphatic heterocycles. The molecule has 2 amide bonds. The number of hydrogen-bond acceptors (Lipinski definition) is 3. The Labute approximate surface area is 124 Å². The van der Waals surface area contributed by atoms with Gasteiger partial charge in [0.25, 0.3) is 0 Å². The zero-order valence-corrected chi connectivity index (χ0v) is 12.4. The van der Waals surface area contributed by atoms with Crippen LogP contribution in [0.2, 0.25) is 0 Å². The standard InChI is InChI=1S/C15H21FN2O3/c1-3-18(15(20)11-21-4-2)10-14(19)17-9-12-5-7-13(16)8-6-12/h5-8H,3-4,9-11H2,1-2H3,(H,17,19). The van der Waals surface area contributed by atoms with Crippen molar-refractivity contribution in [3.63, 3.8) is 0 Å². The molecule has 116 valence electrons. The van der Waals surface area contributed by atoms with E-state index in [0.29, 0.717) is 19.7 Å². The third-order valence-electron chi connectivity index (χ3n) is 2.90. The van der Waals surface area contributed by atoms with Gasteiger partial charge < -0.3 is 15.0 Å². The first-order chi connectivity index (χ1) is 10.1. The molecule has 1 N–H and O–H groups in total. The molecule has 0 aliphatic rings. The molecular formula is C15H21FN2O3. The average molecular weight is 296 g/mol. The maximum absolute atomic E-state index is 12.8. The summed E-state index contributed by atoms with van der Waals surface area (Å²) < 4.78 is 17.8. The minimum atomic E-state index is -0.316. The van der Waals surface area contributed by atoms with Crippen LogP contribution in [0.1, 0.15) is 19.4 Å². The van der Waals surface area contributed by atoms with Gasteiger partial charge in [0.1, 0.15) is 12.4 Å². The van der Waals surface area contributed by atoms with E-state index in [1.807, 2.05) is 0 Å². The predicted molar refractivity (Wildman–Crippen MR) is 77.0 cm³/mol. The normalized spacial score (nSPS) is 10.2. The summed E-state index contributed by atoms with van der Waals surface area (Å²) in [4.78, 5) is 25.0. The van der Waals surface area contributed by atoms with Gasteiger partial charge in [0, 0.05) is 19.7 Å². The quantitative estimate of drug-likeness (QED) is 0.787. The van der Waals surface area contributed by atoms with Crippen LogP contribution in [0.25, 0.3) is 0 Å². The molecule has 21 heavy (non-hydrogen) atoms. The second kappa shape index (κ2) is 9.07. The number of carbonyl (C=O) groups excluding carboxylic acids is 2. The van der Waals surface area contributed by atoms with Crippen LogP contribution in [0.3, 0.4) is 0 Å². The minimum absolute atomic E-state index is 0.0103. The highest BCUT2D eigenvalue weighted by Gasteiger charge is 2.15. The van der Waals surface area contributed by atoms with Gasteiger partial charge in [-0.15, -0.1) is 0 Å². The summed E-state index contributed by atoms with van der Waals surface area (Å²) in [6, 6.07) is 5.89. The highest BCUT2D eigenvalue weighted by molar-refractivity contribution is 5.85. The molecule has 0 saturated carbocycles. The summed E-state index contributed by atoms with van der Waals surface area (Å²) in [7, 11) is 0. The molecule has 0 aromatic heterocycles. The Morgan fingerprint density at radius 3 is 2.48 bits per heavy atom. The molecule has 0 spiro atoms. The van der Waals surface area contributed by atoms with Crippen molar-refractivity contribution in [2.45, 2.75) is 20.4 Å². The van der Waals surface area contributed by atoms with Crippen molar-refractivity contribution in [2.75, 3.05) is 26.3 Å². The summed E-state index contributed by atoms with van der Waals surface area (Å²) in [5, 5.41) is 2.70. The first-order valence-electron chi connectivity index (χ1n) is 6.93. The SMILES string of the molecule is CCOCC(=O)N(CC)CC(=O)NCc1ccc(F)cc1. The monoisotopic (exact) mass is 296 g/mol. The Morgan fingerprint density at radius 1 is 1.24 bits per heavy atom. The van der Waals surface area contributed by atoms with Crippen LogP contribution in [0.15, 0.2) is 24.3 Å². The first-order valence-corrected chi connectivity index (χ1v) is 6.93. The van der Waals surface area contributed by atoms with E-state index in [0.717, 1.165) is 5.56 Å². The van der Waals surface area contributed by atoms with Crippen LogP contribution in [0, 0.1) is 5.82 Å². The summed E-state index contributed by atoms with van der Waals surface area (Å²) >= 11 is 0. The summed E-state index contributed by atoms with van der Waals surface area (Å²) in [5.41, 5.74) is 0.799. The zero-order valence-electron chi connectivity index (χ0n) is 12.4. The molecule has 0 bridgehead atoms. The Kier molecular flexibility index (Phi) is 7.39. The lowest BCUT2D eigenvalue weighted by Crippen LogP contribution is -2.42. The van der Waals surface area contributed by atoms with Crippen LogP contribution < -0.4 is 5.32 Å². The molecule has 1 aromatic carbocycles. The van der Waals surface area contributed by atoms with Crippen LogP contribution in [0.5, 0.6) is 0 Å². The molecule has 0 saturated heterocycles. The largest absolute Gasteiger partial charge is 0.372 e. The van der Waals surface area contributed by atoms with Crippen molar-refractivity contribution in [3.05, 3.63) is 35.6 Å². The third-order valence-corrected chi connectivity index (χ3v) is 2.90. The van der Waals surface area contributed by atoms with E-state index in [2.05, 4.69) is 5.32 Å². The van der Waals surface area contributed by atoms with Crippen molar-refractivity contribution in [2.24, 2.45) is 0 Å². The lowest BCUT2D eigenvalue weighted by Gasteiger charge is -2.20. The van der Waals surface area contributed by atoms with Gasteiger partial charge in [0.05, 0.1) is 6.54 Å². The molecule has 1 rings (SSSR count). The van der Waals surface area contributed by atoms with Gasteiger partial charge in [0.2, 0.25) is 11.8 Å². The van der Waals surface area contributed by atoms with Gasteiger partial charge in [-0.05, 0) is 31.5 Å². The van der Waals surface area contributed by atoms with Crippen molar-refractivity contribution in [1.82, 2.24) is 10.2 Å². The number of nitrogens with zero attached hydrogens (tertiary/aromatic N) is 1. The van der Waals surface area contributed by atoms with Crippen molar-refractivity contribution >= 4 is 11.8 Å². The van der Waals surface area contributed by atoms with E-state index in [4.69, 9.17) is 4.74 Å². The molecule has 6 heteroatoms. The highest BCUT2D eigenvalue weighted by atomic mass is 19.1. The fourth-order valence-electron chi connectivity index (χ4n) is 1.69. The molecule has 0 aliphatic carbocycles. The number of carbonyl (C=O) groups is 2. The lowest BCUT2D eigenvalue weighted by molar-refractivity contribution is -0.139. The molecule has 0 heterocycles. The van der Waals surface area contributed by atoms with Gasteiger partial charge in [-0.1, -0.05) is 12.1 Å². The number of amides is 2. The zero-order chi connectivity index (χ0) is 15.7.